The predicted molar refractivity (Wildman–Crippen MR) is 103 cm³/mol. The van der Waals surface area contributed by atoms with Crippen molar-refractivity contribution in [2.45, 2.75) is 34.7 Å². The number of nitrogens with one attached hydrogen (secondary N) is 1. The van der Waals surface area contributed by atoms with E-state index in [2.05, 4.69) is 10.3 Å². The zero-order chi connectivity index (χ0) is 20.6. The Kier molecular flexibility index (Phi) is 5.08. The third-order valence-electron chi connectivity index (χ3n) is 5.27. The molecule has 0 aliphatic carbocycles. The Bertz CT molecular complexity index is 1150. The van der Waals surface area contributed by atoms with Crippen LogP contribution < -0.4 is 5.32 Å². The lowest BCUT2D eigenvalue weighted by Gasteiger charge is -2.23. The summed E-state index contributed by atoms with van der Waals surface area (Å²) in [6, 6.07) is 11.1. The van der Waals surface area contributed by atoms with Crippen LogP contribution in [-0.4, -0.2) is 26.5 Å². The fraction of sp³-hybridized carbons (Fsp3) is 0.286. The van der Waals surface area contributed by atoms with Gasteiger partial charge in [0, 0.05) is 11.6 Å². The Hall–Kier alpha value is -2.45. The van der Waals surface area contributed by atoms with Gasteiger partial charge < -0.3 is 5.32 Å². The zero-order valence-electron chi connectivity index (χ0n) is 15.4. The molecule has 4 nitrogen and oxygen atoms in total. The van der Waals surface area contributed by atoms with E-state index < -0.39 is 26.5 Å². The number of aromatic nitrogens is 1. The van der Waals surface area contributed by atoms with Gasteiger partial charge in [-0.05, 0) is 73.8 Å². The van der Waals surface area contributed by atoms with Crippen LogP contribution >= 0.6 is 0 Å². The number of hydrogen-bond acceptors (Lipinski definition) is 4. The molecule has 4 rings (SSSR count). The maximum absolute atomic E-state index is 13.0. The monoisotopic (exact) mass is 420 g/mol. The van der Waals surface area contributed by atoms with Crippen molar-refractivity contribution in [1.82, 2.24) is 10.3 Å². The van der Waals surface area contributed by atoms with Crippen molar-refractivity contribution in [3.05, 3.63) is 65.9 Å². The van der Waals surface area contributed by atoms with E-state index in [-0.39, 0.29) is 4.90 Å². The Morgan fingerprint density at radius 1 is 0.966 bits per heavy atom. The standard InChI is InChI=1S/C21H19F3N2O2S/c22-21(23,24)17-2-1-3-18(12-17)29(27,28)19-11-16-10-15(4-5-20(16)26-13-19)14-6-8-25-9-7-14/h1-5,10-14,25H,6-9H2. The molecule has 2 aromatic carbocycles. The van der Waals surface area contributed by atoms with Gasteiger partial charge in [-0.1, -0.05) is 12.1 Å². The molecule has 1 N–H and O–H groups in total. The smallest absolute Gasteiger partial charge is 0.317 e. The van der Waals surface area contributed by atoms with Crippen molar-refractivity contribution in [3.8, 4) is 0 Å². The van der Waals surface area contributed by atoms with Crippen LogP contribution in [0.25, 0.3) is 10.9 Å². The molecule has 1 aliphatic heterocycles. The molecule has 2 heterocycles. The van der Waals surface area contributed by atoms with Gasteiger partial charge in [0.05, 0.1) is 20.9 Å². The van der Waals surface area contributed by atoms with Crippen LogP contribution in [0.15, 0.2) is 64.5 Å². The van der Waals surface area contributed by atoms with Gasteiger partial charge in [-0.2, -0.15) is 13.2 Å². The summed E-state index contributed by atoms with van der Waals surface area (Å²) in [4.78, 5) is 3.70. The molecule has 0 amide bonds. The van der Waals surface area contributed by atoms with Gasteiger partial charge in [0.1, 0.15) is 0 Å². The maximum atomic E-state index is 13.0. The molecule has 8 heteroatoms. The van der Waals surface area contributed by atoms with E-state index in [9.17, 15) is 21.6 Å². The SMILES string of the molecule is O=S(=O)(c1cccc(C(F)(F)F)c1)c1cnc2ccc(C3CCNCC3)cc2c1. The average molecular weight is 420 g/mol. The van der Waals surface area contributed by atoms with Gasteiger partial charge in [0.25, 0.3) is 0 Å². The number of benzene rings is 2. The molecular formula is C21H19F3N2O2S. The van der Waals surface area contributed by atoms with E-state index in [1.54, 1.807) is 0 Å². The van der Waals surface area contributed by atoms with E-state index in [1.807, 2.05) is 18.2 Å². The number of sulfone groups is 1. The number of pyridine rings is 1. The molecule has 0 saturated carbocycles. The molecule has 0 bridgehead atoms. The molecule has 0 spiro atoms. The molecule has 1 aromatic heterocycles. The minimum Gasteiger partial charge on any atom is -0.317 e. The molecule has 3 aromatic rings. The second-order valence-corrected chi connectivity index (χ2v) is 9.13. The summed E-state index contributed by atoms with van der Waals surface area (Å²) in [7, 11) is -4.12. The first-order valence-electron chi connectivity index (χ1n) is 9.28. The molecule has 0 radical (unpaired) electrons. The third kappa shape index (κ3) is 4.00. The van der Waals surface area contributed by atoms with Gasteiger partial charge in [0.15, 0.2) is 0 Å². The van der Waals surface area contributed by atoms with Crippen LogP contribution in [-0.2, 0) is 16.0 Å². The highest BCUT2D eigenvalue weighted by atomic mass is 32.2. The largest absolute Gasteiger partial charge is 0.416 e. The van der Waals surface area contributed by atoms with Crippen LogP contribution in [0.2, 0.25) is 0 Å². The van der Waals surface area contributed by atoms with Crippen molar-refractivity contribution in [1.29, 1.82) is 0 Å². The molecule has 152 valence electrons. The molecule has 1 aliphatic rings. The summed E-state index contributed by atoms with van der Waals surface area (Å²) in [6.07, 6.45) is -1.42. The molecule has 0 unspecified atom stereocenters. The number of alkyl halides is 3. The van der Waals surface area contributed by atoms with E-state index in [0.717, 1.165) is 43.6 Å². The van der Waals surface area contributed by atoms with Crippen molar-refractivity contribution < 1.29 is 21.6 Å². The Morgan fingerprint density at radius 3 is 2.45 bits per heavy atom. The highest BCUT2D eigenvalue weighted by Gasteiger charge is 2.32. The third-order valence-corrected chi connectivity index (χ3v) is 6.99. The summed E-state index contributed by atoms with van der Waals surface area (Å²) in [5.74, 6) is 0.393. The summed E-state index contributed by atoms with van der Waals surface area (Å²) < 4.78 is 64.8. The van der Waals surface area contributed by atoms with Gasteiger partial charge >= 0.3 is 6.18 Å². The van der Waals surface area contributed by atoms with Crippen LogP contribution in [0.3, 0.4) is 0 Å². The topological polar surface area (TPSA) is 59.1 Å². The summed E-state index contributed by atoms with van der Waals surface area (Å²) >= 11 is 0. The lowest BCUT2D eigenvalue weighted by atomic mass is 9.89. The predicted octanol–water partition coefficient (Wildman–Crippen LogP) is 4.55. The van der Waals surface area contributed by atoms with Gasteiger partial charge in [-0.25, -0.2) is 8.42 Å². The van der Waals surface area contributed by atoms with E-state index in [4.69, 9.17) is 0 Å². The first-order chi connectivity index (χ1) is 13.7. The maximum Gasteiger partial charge on any atom is 0.416 e. The number of fused-ring (bicyclic) bond motifs is 1. The van der Waals surface area contributed by atoms with Crippen molar-refractivity contribution in [2.24, 2.45) is 0 Å². The first-order valence-corrected chi connectivity index (χ1v) is 10.8. The van der Waals surface area contributed by atoms with E-state index >= 15 is 0 Å². The van der Waals surface area contributed by atoms with Crippen molar-refractivity contribution in [2.75, 3.05) is 13.1 Å². The highest BCUT2D eigenvalue weighted by Crippen LogP contribution is 2.33. The average Bonchev–Trinajstić information content (AvgIpc) is 2.73. The van der Waals surface area contributed by atoms with Crippen LogP contribution in [0.5, 0.6) is 0 Å². The number of halogens is 3. The molecule has 1 fully saturated rings. The van der Waals surface area contributed by atoms with Crippen LogP contribution in [0.4, 0.5) is 13.2 Å². The van der Waals surface area contributed by atoms with Crippen molar-refractivity contribution >= 4 is 20.7 Å². The molecule has 0 atom stereocenters. The fourth-order valence-corrected chi connectivity index (χ4v) is 4.95. The van der Waals surface area contributed by atoms with Gasteiger partial charge in [0.2, 0.25) is 9.84 Å². The van der Waals surface area contributed by atoms with Crippen molar-refractivity contribution in [3.63, 3.8) is 0 Å². The number of hydrogen-bond donors (Lipinski definition) is 1. The normalized spacial score (nSPS) is 16.2. The molecule has 29 heavy (non-hydrogen) atoms. The summed E-state index contributed by atoms with van der Waals surface area (Å²) in [5.41, 5.74) is 0.764. The van der Waals surface area contributed by atoms with Gasteiger partial charge in [-0.3, -0.25) is 4.98 Å². The number of nitrogens with zero attached hydrogens (tertiary/aromatic N) is 1. The lowest BCUT2D eigenvalue weighted by Crippen LogP contribution is -2.26. The lowest BCUT2D eigenvalue weighted by molar-refractivity contribution is -0.137. The Morgan fingerprint density at radius 2 is 1.72 bits per heavy atom. The van der Waals surface area contributed by atoms with Crippen LogP contribution in [0.1, 0.15) is 29.9 Å². The Balaban J connectivity index is 1.74. The zero-order valence-corrected chi connectivity index (χ0v) is 16.2. The number of rotatable bonds is 3. The second kappa shape index (κ2) is 7.42. The van der Waals surface area contributed by atoms with Crippen LogP contribution in [0, 0.1) is 0 Å². The minimum absolute atomic E-state index is 0.119. The van der Waals surface area contributed by atoms with Gasteiger partial charge in [-0.15, -0.1) is 0 Å². The first kappa shape index (κ1) is 19.8. The molecular weight excluding hydrogens is 401 g/mol. The number of piperidine rings is 1. The van der Waals surface area contributed by atoms with E-state index in [0.29, 0.717) is 22.9 Å². The highest BCUT2D eigenvalue weighted by molar-refractivity contribution is 7.91. The quantitative estimate of drug-likeness (QED) is 0.675. The minimum atomic E-state index is -4.61. The summed E-state index contributed by atoms with van der Waals surface area (Å²) in [5, 5.41) is 3.97. The Labute approximate surface area is 166 Å². The van der Waals surface area contributed by atoms with E-state index in [1.165, 1.54) is 18.3 Å². The second-order valence-electron chi connectivity index (χ2n) is 7.18. The summed E-state index contributed by atoms with van der Waals surface area (Å²) in [6.45, 7) is 1.87. The fourth-order valence-electron chi connectivity index (χ4n) is 3.66. The molecule has 1 saturated heterocycles.